The van der Waals surface area contributed by atoms with E-state index in [1.165, 1.54) is 4.88 Å². The van der Waals surface area contributed by atoms with Gasteiger partial charge in [0.05, 0.1) is 0 Å². The maximum Gasteiger partial charge on any atom is 0.226 e. The van der Waals surface area contributed by atoms with E-state index in [1.807, 2.05) is 23.5 Å². The van der Waals surface area contributed by atoms with Gasteiger partial charge in [0.1, 0.15) is 0 Å². The van der Waals surface area contributed by atoms with E-state index in [-0.39, 0.29) is 5.91 Å². The van der Waals surface area contributed by atoms with Crippen molar-refractivity contribution < 1.29 is 9.32 Å². The van der Waals surface area contributed by atoms with E-state index in [4.69, 9.17) is 16.1 Å². The van der Waals surface area contributed by atoms with Gasteiger partial charge in [0.2, 0.25) is 17.6 Å². The molecule has 6 nitrogen and oxygen atoms in total. The standard InChI is InChI=1S/C23H27ClN4O2S/c24-19-8-6-18(7-9-19)23-26-22(30-27-23)5-1-4-21(29)25-15-17-10-12-28(13-11-17)16-20-3-2-14-31-20/h2-3,6-9,14,17H,1,4-5,10-13,15-16H2,(H,25,29). The zero-order valence-corrected chi connectivity index (χ0v) is 19.0. The highest BCUT2D eigenvalue weighted by molar-refractivity contribution is 7.09. The van der Waals surface area contributed by atoms with Crippen LogP contribution in [0.3, 0.4) is 0 Å². The molecule has 2 aromatic heterocycles. The van der Waals surface area contributed by atoms with Gasteiger partial charge in [-0.15, -0.1) is 11.3 Å². The lowest BCUT2D eigenvalue weighted by molar-refractivity contribution is -0.121. The Balaban J connectivity index is 1.11. The third kappa shape index (κ3) is 6.63. The van der Waals surface area contributed by atoms with Gasteiger partial charge < -0.3 is 9.84 Å². The number of aryl methyl sites for hydroxylation is 1. The number of halogens is 1. The van der Waals surface area contributed by atoms with Crippen LogP contribution in [0.1, 0.15) is 36.5 Å². The molecular formula is C23H27ClN4O2S. The minimum Gasteiger partial charge on any atom is -0.356 e. The average Bonchev–Trinajstić information content (AvgIpc) is 3.46. The molecule has 1 fully saturated rings. The molecule has 3 aromatic rings. The van der Waals surface area contributed by atoms with Crippen LogP contribution in [0, 0.1) is 5.92 Å². The third-order valence-electron chi connectivity index (χ3n) is 5.62. The van der Waals surface area contributed by atoms with Gasteiger partial charge in [0.25, 0.3) is 0 Å². The Kier molecular flexibility index (Phi) is 7.72. The Labute approximate surface area is 191 Å². The highest BCUT2D eigenvalue weighted by Gasteiger charge is 2.20. The maximum atomic E-state index is 12.2. The van der Waals surface area contributed by atoms with Crippen LogP contribution in [0.25, 0.3) is 11.4 Å². The van der Waals surface area contributed by atoms with E-state index in [2.05, 4.69) is 37.9 Å². The molecule has 1 amide bonds. The number of hydrogen-bond acceptors (Lipinski definition) is 6. The molecule has 0 radical (unpaired) electrons. The molecule has 8 heteroatoms. The van der Waals surface area contributed by atoms with Crippen LogP contribution >= 0.6 is 22.9 Å². The van der Waals surface area contributed by atoms with Gasteiger partial charge in [-0.05, 0) is 74.0 Å². The number of benzene rings is 1. The second kappa shape index (κ2) is 10.9. The molecule has 1 saturated heterocycles. The number of nitrogens with zero attached hydrogens (tertiary/aromatic N) is 3. The Morgan fingerprint density at radius 1 is 1.23 bits per heavy atom. The fourth-order valence-electron chi connectivity index (χ4n) is 3.79. The lowest BCUT2D eigenvalue weighted by Gasteiger charge is -2.31. The first-order valence-electron chi connectivity index (χ1n) is 10.8. The highest BCUT2D eigenvalue weighted by atomic mass is 35.5. The third-order valence-corrected chi connectivity index (χ3v) is 6.73. The molecule has 0 saturated carbocycles. The highest BCUT2D eigenvalue weighted by Crippen LogP contribution is 2.21. The summed E-state index contributed by atoms with van der Waals surface area (Å²) < 4.78 is 5.30. The second-order valence-electron chi connectivity index (χ2n) is 7.98. The molecule has 0 spiro atoms. The maximum absolute atomic E-state index is 12.2. The number of carbonyl (C=O) groups excluding carboxylic acids is 1. The van der Waals surface area contributed by atoms with Crippen molar-refractivity contribution in [3.05, 3.63) is 57.6 Å². The average molecular weight is 459 g/mol. The Bertz CT molecular complexity index is 950. The van der Waals surface area contributed by atoms with Crippen LogP contribution in [0.15, 0.2) is 46.3 Å². The van der Waals surface area contributed by atoms with Crippen molar-refractivity contribution in [3.63, 3.8) is 0 Å². The molecule has 1 N–H and O–H groups in total. The molecule has 0 bridgehead atoms. The van der Waals surface area contributed by atoms with Gasteiger partial charge in [-0.2, -0.15) is 4.98 Å². The second-order valence-corrected chi connectivity index (χ2v) is 9.44. The SMILES string of the molecule is O=C(CCCc1nc(-c2ccc(Cl)cc2)no1)NCC1CCN(Cc2cccs2)CC1. The molecule has 1 aromatic carbocycles. The summed E-state index contributed by atoms with van der Waals surface area (Å²) in [6.07, 6.45) is 4.03. The number of hydrogen-bond donors (Lipinski definition) is 1. The summed E-state index contributed by atoms with van der Waals surface area (Å²) in [5.41, 5.74) is 0.860. The van der Waals surface area contributed by atoms with Crippen LogP contribution < -0.4 is 5.32 Å². The number of amides is 1. The fourth-order valence-corrected chi connectivity index (χ4v) is 4.66. The minimum absolute atomic E-state index is 0.0958. The number of aromatic nitrogens is 2. The van der Waals surface area contributed by atoms with Gasteiger partial charge in [-0.3, -0.25) is 9.69 Å². The largest absolute Gasteiger partial charge is 0.356 e. The van der Waals surface area contributed by atoms with E-state index in [0.717, 1.165) is 44.6 Å². The van der Waals surface area contributed by atoms with Gasteiger partial charge in [0.15, 0.2) is 0 Å². The summed E-state index contributed by atoms with van der Waals surface area (Å²) in [6.45, 7) is 4.02. The van der Waals surface area contributed by atoms with Gasteiger partial charge >= 0.3 is 0 Å². The zero-order valence-electron chi connectivity index (χ0n) is 17.4. The van der Waals surface area contributed by atoms with Crippen LogP contribution in [0.5, 0.6) is 0 Å². The summed E-state index contributed by atoms with van der Waals surface area (Å²) in [7, 11) is 0. The molecule has 0 atom stereocenters. The predicted molar refractivity (Wildman–Crippen MR) is 123 cm³/mol. The van der Waals surface area contributed by atoms with Crippen molar-refractivity contribution >= 4 is 28.8 Å². The zero-order chi connectivity index (χ0) is 21.5. The van der Waals surface area contributed by atoms with Gasteiger partial charge in [0, 0.05) is 41.4 Å². The van der Waals surface area contributed by atoms with Gasteiger partial charge in [-0.25, -0.2) is 0 Å². The Morgan fingerprint density at radius 2 is 2.03 bits per heavy atom. The van der Waals surface area contributed by atoms with E-state index in [9.17, 15) is 4.79 Å². The normalized spacial score (nSPS) is 15.3. The Hall–Kier alpha value is -2.22. The molecule has 4 rings (SSSR count). The molecule has 1 aliphatic rings. The number of carbonyl (C=O) groups is 1. The first kappa shape index (κ1) is 22.0. The summed E-state index contributed by atoms with van der Waals surface area (Å²) in [5, 5.41) is 9.91. The summed E-state index contributed by atoms with van der Waals surface area (Å²) in [6, 6.07) is 11.6. The van der Waals surface area contributed by atoms with E-state index in [0.29, 0.717) is 41.9 Å². The molecule has 3 heterocycles. The smallest absolute Gasteiger partial charge is 0.226 e. The van der Waals surface area contributed by atoms with Gasteiger partial charge in [-0.1, -0.05) is 22.8 Å². The van der Waals surface area contributed by atoms with E-state index in [1.54, 1.807) is 12.1 Å². The summed E-state index contributed by atoms with van der Waals surface area (Å²) in [4.78, 5) is 20.5. The number of thiophene rings is 1. The first-order chi connectivity index (χ1) is 15.2. The van der Waals surface area contributed by atoms with Crippen molar-refractivity contribution in [1.82, 2.24) is 20.4 Å². The summed E-state index contributed by atoms with van der Waals surface area (Å²) in [5.74, 6) is 1.76. The lowest BCUT2D eigenvalue weighted by atomic mass is 9.96. The fraction of sp³-hybridized carbons (Fsp3) is 0.435. The van der Waals surface area contributed by atoms with Crippen LogP contribution in [-0.2, 0) is 17.8 Å². The minimum atomic E-state index is 0.0958. The molecule has 31 heavy (non-hydrogen) atoms. The van der Waals surface area contributed by atoms with Crippen molar-refractivity contribution in [2.45, 2.75) is 38.6 Å². The van der Waals surface area contributed by atoms with E-state index < -0.39 is 0 Å². The molecule has 0 unspecified atom stereocenters. The van der Waals surface area contributed by atoms with E-state index >= 15 is 0 Å². The van der Waals surface area contributed by atoms with Crippen molar-refractivity contribution in [1.29, 1.82) is 0 Å². The predicted octanol–water partition coefficient (Wildman–Crippen LogP) is 4.80. The first-order valence-corrected chi connectivity index (χ1v) is 12.0. The lowest BCUT2D eigenvalue weighted by Crippen LogP contribution is -2.38. The molecule has 0 aliphatic carbocycles. The summed E-state index contributed by atoms with van der Waals surface area (Å²) >= 11 is 7.73. The Morgan fingerprint density at radius 3 is 2.77 bits per heavy atom. The quantitative estimate of drug-likeness (QED) is 0.498. The van der Waals surface area contributed by atoms with Crippen molar-refractivity contribution in [2.75, 3.05) is 19.6 Å². The molecule has 1 aliphatic heterocycles. The number of likely N-dealkylation sites (tertiary alicyclic amines) is 1. The molecular weight excluding hydrogens is 432 g/mol. The van der Waals surface area contributed by atoms with Crippen LogP contribution in [0.4, 0.5) is 0 Å². The van der Waals surface area contributed by atoms with Crippen molar-refractivity contribution in [3.8, 4) is 11.4 Å². The number of nitrogens with one attached hydrogen (secondary N) is 1. The van der Waals surface area contributed by atoms with Crippen LogP contribution in [0.2, 0.25) is 5.02 Å². The van der Waals surface area contributed by atoms with Crippen molar-refractivity contribution in [2.24, 2.45) is 5.92 Å². The topological polar surface area (TPSA) is 71.3 Å². The number of piperidine rings is 1. The monoisotopic (exact) mass is 458 g/mol. The number of rotatable bonds is 9. The molecule has 164 valence electrons. The van der Waals surface area contributed by atoms with Crippen LogP contribution in [-0.4, -0.2) is 40.6 Å².